The van der Waals surface area contributed by atoms with Gasteiger partial charge in [0.1, 0.15) is 5.82 Å². The van der Waals surface area contributed by atoms with Crippen molar-refractivity contribution in [1.82, 2.24) is 15.5 Å². The Balaban J connectivity index is 1.30. The molecule has 28 heavy (non-hydrogen) atoms. The summed E-state index contributed by atoms with van der Waals surface area (Å²) < 4.78 is 13.0. The molecule has 152 valence electrons. The van der Waals surface area contributed by atoms with Gasteiger partial charge in [-0.2, -0.15) is 0 Å². The van der Waals surface area contributed by atoms with Crippen LogP contribution in [0.1, 0.15) is 51.0 Å². The van der Waals surface area contributed by atoms with Crippen molar-refractivity contribution in [2.24, 2.45) is 17.8 Å². The Labute approximate surface area is 166 Å². The average molecular weight is 387 g/mol. The molecule has 5 rings (SSSR count). The van der Waals surface area contributed by atoms with Crippen LogP contribution < -0.4 is 10.6 Å². The molecule has 1 aromatic carbocycles. The van der Waals surface area contributed by atoms with E-state index in [2.05, 4.69) is 10.6 Å². The molecule has 5 nitrogen and oxygen atoms in total. The van der Waals surface area contributed by atoms with Crippen LogP contribution in [0.4, 0.5) is 9.18 Å². The Hall–Kier alpha value is -1.95. The fourth-order valence-electron chi connectivity index (χ4n) is 5.97. The van der Waals surface area contributed by atoms with Crippen LogP contribution in [0.15, 0.2) is 24.3 Å². The molecule has 0 saturated heterocycles. The number of urea groups is 1. The number of benzene rings is 1. The lowest BCUT2D eigenvalue weighted by Crippen LogP contribution is -2.62. The molecule has 4 aliphatic carbocycles. The number of hydrogen-bond donors (Lipinski definition) is 2. The van der Waals surface area contributed by atoms with Crippen molar-refractivity contribution in [2.75, 3.05) is 7.05 Å². The maximum Gasteiger partial charge on any atom is 0.321 e. The van der Waals surface area contributed by atoms with Gasteiger partial charge < -0.3 is 5.32 Å². The van der Waals surface area contributed by atoms with Crippen LogP contribution >= 0.6 is 0 Å². The van der Waals surface area contributed by atoms with Crippen LogP contribution in [0.3, 0.4) is 0 Å². The zero-order valence-electron chi connectivity index (χ0n) is 16.7. The SMILES string of the molecule is CC(C(=O)NC(=O)NC12CC3CC(CC(C3)C1)C2)N(C)Cc1ccc(F)cc1. The minimum Gasteiger partial charge on any atom is -0.332 e. The first-order valence-corrected chi connectivity index (χ1v) is 10.4. The number of halogens is 1. The molecule has 0 aliphatic heterocycles. The molecule has 1 atom stereocenters. The summed E-state index contributed by atoms with van der Waals surface area (Å²) in [5.74, 6) is 1.62. The van der Waals surface area contributed by atoms with E-state index in [9.17, 15) is 14.0 Å². The monoisotopic (exact) mass is 387 g/mol. The molecule has 4 aliphatic rings. The standard InChI is InChI=1S/C22H30FN3O2/c1-14(26(2)13-15-3-5-19(23)6-4-15)20(27)24-21(28)25-22-10-16-7-17(11-22)9-18(8-16)12-22/h3-6,14,16-18H,7-13H2,1-2H3,(H2,24,25,27,28). The van der Waals surface area contributed by atoms with Crippen LogP contribution in [0.5, 0.6) is 0 Å². The van der Waals surface area contributed by atoms with Gasteiger partial charge in [0.05, 0.1) is 6.04 Å². The van der Waals surface area contributed by atoms with Gasteiger partial charge in [-0.1, -0.05) is 12.1 Å². The Morgan fingerprint density at radius 3 is 2.18 bits per heavy atom. The molecule has 0 spiro atoms. The van der Waals surface area contributed by atoms with Crippen molar-refractivity contribution in [3.8, 4) is 0 Å². The van der Waals surface area contributed by atoms with Gasteiger partial charge in [0.2, 0.25) is 5.91 Å². The Kier molecular flexibility index (Phi) is 5.17. The minimum atomic E-state index is -0.466. The third kappa shape index (κ3) is 4.07. The Morgan fingerprint density at radius 2 is 1.64 bits per heavy atom. The summed E-state index contributed by atoms with van der Waals surface area (Å²) in [7, 11) is 1.82. The number of imide groups is 1. The largest absolute Gasteiger partial charge is 0.332 e. The fraction of sp³-hybridized carbons (Fsp3) is 0.636. The fourth-order valence-corrected chi connectivity index (χ4v) is 5.97. The molecule has 0 radical (unpaired) electrons. The van der Waals surface area contributed by atoms with Crippen LogP contribution in [-0.2, 0) is 11.3 Å². The van der Waals surface area contributed by atoms with E-state index in [1.165, 1.54) is 31.4 Å². The van der Waals surface area contributed by atoms with Crippen LogP contribution in [-0.4, -0.2) is 35.5 Å². The second kappa shape index (κ2) is 7.47. The summed E-state index contributed by atoms with van der Waals surface area (Å²) in [6.45, 7) is 2.28. The van der Waals surface area contributed by atoms with Gasteiger partial charge in [0.25, 0.3) is 0 Å². The molecular weight excluding hydrogens is 357 g/mol. The van der Waals surface area contributed by atoms with Crippen molar-refractivity contribution in [2.45, 2.75) is 63.6 Å². The Morgan fingerprint density at radius 1 is 1.11 bits per heavy atom. The summed E-state index contributed by atoms with van der Waals surface area (Å²) in [5, 5.41) is 5.71. The van der Waals surface area contributed by atoms with Crippen molar-refractivity contribution in [3.63, 3.8) is 0 Å². The second-order valence-electron chi connectivity index (χ2n) is 9.36. The number of likely N-dealkylation sites (N-methyl/N-ethyl adjacent to an activating group) is 1. The lowest BCUT2D eigenvalue weighted by molar-refractivity contribution is -0.124. The highest BCUT2D eigenvalue weighted by molar-refractivity contribution is 5.97. The molecule has 4 bridgehead atoms. The van der Waals surface area contributed by atoms with Gasteiger partial charge in [-0.25, -0.2) is 9.18 Å². The van der Waals surface area contributed by atoms with E-state index >= 15 is 0 Å². The smallest absolute Gasteiger partial charge is 0.321 e. The third-order valence-electron chi connectivity index (χ3n) is 7.04. The summed E-state index contributed by atoms with van der Waals surface area (Å²) >= 11 is 0. The second-order valence-corrected chi connectivity index (χ2v) is 9.36. The molecule has 1 aromatic rings. The molecule has 4 saturated carbocycles. The third-order valence-corrected chi connectivity index (χ3v) is 7.04. The normalized spacial score (nSPS) is 31.6. The predicted molar refractivity (Wildman–Crippen MR) is 105 cm³/mol. The number of nitrogens with zero attached hydrogens (tertiary/aromatic N) is 1. The molecule has 1 unspecified atom stereocenters. The first-order valence-electron chi connectivity index (χ1n) is 10.4. The number of carbonyl (C=O) groups is 2. The van der Waals surface area contributed by atoms with Gasteiger partial charge in [-0.05, 0) is 87.9 Å². The van der Waals surface area contributed by atoms with Crippen molar-refractivity contribution < 1.29 is 14.0 Å². The van der Waals surface area contributed by atoms with Crippen LogP contribution in [0, 0.1) is 23.6 Å². The topological polar surface area (TPSA) is 61.4 Å². The van der Waals surface area contributed by atoms with E-state index in [0.717, 1.165) is 42.6 Å². The quantitative estimate of drug-likeness (QED) is 0.814. The number of carbonyl (C=O) groups excluding carboxylic acids is 2. The van der Waals surface area contributed by atoms with Gasteiger partial charge in [0, 0.05) is 12.1 Å². The van der Waals surface area contributed by atoms with Gasteiger partial charge in [-0.3, -0.25) is 15.0 Å². The molecule has 6 heteroatoms. The number of amides is 3. The van der Waals surface area contributed by atoms with E-state index in [1.807, 2.05) is 11.9 Å². The summed E-state index contributed by atoms with van der Waals surface area (Å²) in [6, 6.07) is 5.40. The van der Waals surface area contributed by atoms with Gasteiger partial charge in [-0.15, -0.1) is 0 Å². The highest BCUT2D eigenvalue weighted by Crippen LogP contribution is 2.55. The average Bonchev–Trinajstić information content (AvgIpc) is 2.61. The van der Waals surface area contributed by atoms with Gasteiger partial charge >= 0.3 is 6.03 Å². The van der Waals surface area contributed by atoms with E-state index < -0.39 is 6.04 Å². The number of hydrogen-bond acceptors (Lipinski definition) is 3. The number of rotatable bonds is 5. The maximum atomic E-state index is 13.0. The van der Waals surface area contributed by atoms with Crippen LogP contribution in [0.25, 0.3) is 0 Å². The summed E-state index contributed by atoms with van der Waals surface area (Å²) in [5.41, 5.74) is 0.809. The molecule has 2 N–H and O–H groups in total. The predicted octanol–water partition coefficient (Wildman–Crippen LogP) is 3.44. The number of nitrogens with one attached hydrogen (secondary N) is 2. The lowest BCUT2D eigenvalue weighted by atomic mass is 9.53. The molecule has 0 heterocycles. The van der Waals surface area contributed by atoms with Crippen LogP contribution in [0.2, 0.25) is 0 Å². The molecule has 0 aromatic heterocycles. The zero-order chi connectivity index (χ0) is 19.9. The van der Waals surface area contributed by atoms with Gasteiger partial charge in [0.15, 0.2) is 0 Å². The molecule has 3 amide bonds. The maximum absolute atomic E-state index is 13.0. The van der Waals surface area contributed by atoms with Crippen molar-refractivity contribution >= 4 is 11.9 Å². The van der Waals surface area contributed by atoms with Crippen molar-refractivity contribution in [1.29, 1.82) is 0 Å². The first kappa shape index (κ1) is 19.4. The van der Waals surface area contributed by atoms with E-state index in [-0.39, 0.29) is 23.3 Å². The summed E-state index contributed by atoms with van der Waals surface area (Å²) in [4.78, 5) is 27.0. The zero-order valence-corrected chi connectivity index (χ0v) is 16.7. The highest BCUT2D eigenvalue weighted by atomic mass is 19.1. The van der Waals surface area contributed by atoms with Crippen molar-refractivity contribution in [3.05, 3.63) is 35.6 Å². The summed E-state index contributed by atoms with van der Waals surface area (Å²) in [6.07, 6.45) is 7.11. The minimum absolute atomic E-state index is 0.109. The molecular formula is C22H30FN3O2. The Bertz CT molecular complexity index is 713. The highest BCUT2D eigenvalue weighted by Gasteiger charge is 2.51. The first-order chi connectivity index (χ1) is 13.3. The molecule has 4 fully saturated rings. The lowest BCUT2D eigenvalue weighted by Gasteiger charge is -2.56. The van der Waals surface area contributed by atoms with E-state index in [0.29, 0.717) is 6.54 Å². The van der Waals surface area contributed by atoms with E-state index in [1.54, 1.807) is 19.1 Å². The van der Waals surface area contributed by atoms with E-state index in [4.69, 9.17) is 0 Å².